The van der Waals surface area contributed by atoms with Gasteiger partial charge in [-0.05, 0) is 30.7 Å². The number of hydrogen-bond donors (Lipinski definition) is 1. The van der Waals surface area contributed by atoms with E-state index in [0.717, 1.165) is 4.90 Å². The zero-order valence-corrected chi connectivity index (χ0v) is 12.9. The molecule has 1 rings (SSSR count). The molecule has 110 valence electrons. The SMILES string of the molecule is COC(=O)CCCNC(=O)CCSc1ccc(Cl)cc1. The van der Waals surface area contributed by atoms with Gasteiger partial charge in [0.2, 0.25) is 5.91 Å². The number of carbonyl (C=O) groups is 2. The van der Waals surface area contributed by atoms with Crippen molar-refractivity contribution in [3.8, 4) is 0 Å². The number of benzene rings is 1. The van der Waals surface area contributed by atoms with Crippen molar-refractivity contribution in [1.82, 2.24) is 5.32 Å². The molecular weight excluding hydrogens is 298 g/mol. The summed E-state index contributed by atoms with van der Waals surface area (Å²) in [7, 11) is 1.36. The van der Waals surface area contributed by atoms with Crippen molar-refractivity contribution >= 4 is 35.2 Å². The number of amides is 1. The van der Waals surface area contributed by atoms with E-state index in [0.29, 0.717) is 36.6 Å². The number of halogens is 1. The second-order valence-electron chi connectivity index (χ2n) is 4.08. The zero-order valence-electron chi connectivity index (χ0n) is 11.4. The summed E-state index contributed by atoms with van der Waals surface area (Å²) in [5.74, 6) is 0.457. The van der Waals surface area contributed by atoms with Gasteiger partial charge in [0, 0.05) is 35.1 Å². The van der Waals surface area contributed by atoms with Gasteiger partial charge >= 0.3 is 5.97 Å². The van der Waals surface area contributed by atoms with Crippen LogP contribution in [0.4, 0.5) is 0 Å². The number of thioether (sulfide) groups is 1. The highest BCUT2D eigenvalue weighted by Gasteiger charge is 2.03. The molecule has 1 aromatic carbocycles. The number of rotatable bonds is 8. The minimum absolute atomic E-state index is 0.00340. The maximum atomic E-state index is 11.5. The Balaban J connectivity index is 2.08. The predicted octanol–water partition coefficient (Wildman–Crippen LogP) is 2.89. The van der Waals surface area contributed by atoms with Gasteiger partial charge in [-0.2, -0.15) is 0 Å². The first-order valence-corrected chi connectivity index (χ1v) is 7.70. The number of hydrogen-bond acceptors (Lipinski definition) is 4. The van der Waals surface area contributed by atoms with Crippen molar-refractivity contribution in [2.24, 2.45) is 0 Å². The van der Waals surface area contributed by atoms with Gasteiger partial charge in [-0.25, -0.2) is 0 Å². The van der Waals surface area contributed by atoms with Crippen LogP contribution in [0.1, 0.15) is 19.3 Å². The highest BCUT2D eigenvalue weighted by atomic mass is 35.5. The summed E-state index contributed by atoms with van der Waals surface area (Å²) in [6, 6.07) is 7.52. The van der Waals surface area contributed by atoms with E-state index in [4.69, 9.17) is 11.6 Å². The van der Waals surface area contributed by atoms with Crippen molar-refractivity contribution in [2.75, 3.05) is 19.4 Å². The maximum absolute atomic E-state index is 11.5. The topological polar surface area (TPSA) is 55.4 Å². The third-order valence-corrected chi connectivity index (χ3v) is 3.78. The van der Waals surface area contributed by atoms with Crippen LogP contribution < -0.4 is 5.32 Å². The first kappa shape index (κ1) is 16.9. The van der Waals surface area contributed by atoms with Crippen LogP contribution in [0.2, 0.25) is 5.02 Å². The molecule has 6 heteroatoms. The average molecular weight is 316 g/mol. The number of nitrogens with one attached hydrogen (secondary N) is 1. The van der Waals surface area contributed by atoms with Gasteiger partial charge in [0.25, 0.3) is 0 Å². The summed E-state index contributed by atoms with van der Waals surface area (Å²) < 4.78 is 4.52. The molecule has 0 aliphatic heterocycles. The van der Waals surface area contributed by atoms with E-state index in [1.54, 1.807) is 11.8 Å². The number of methoxy groups -OCH3 is 1. The summed E-state index contributed by atoms with van der Waals surface area (Å²) in [6.45, 7) is 0.500. The van der Waals surface area contributed by atoms with Crippen LogP contribution in [0.3, 0.4) is 0 Å². The minimum atomic E-state index is -0.252. The summed E-state index contributed by atoms with van der Waals surface area (Å²) in [5.41, 5.74) is 0. The molecule has 0 aliphatic carbocycles. The molecule has 0 unspecified atom stereocenters. The minimum Gasteiger partial charge on any atom is -0.469 e. The van der Waals surface area contributed by atoms with Crippen LogP contribution in [-0.2, 0) is 14.3 Å². The molecule has 0 atom stereocenters. The van der Waals surface area contributed by atoms with Crippen LogP contribution in [0, 0.1) is 0 Å². The van der Waals surface area contributed by atoms with E-state index in [1.807, 2.05) is 24.3 Å². The predicted molar refractivity (Wildman–Crippen MR) is 81.1 cm³/mol. The molecule has 20 heavy (non-hydrogen) atoms. The lowest BCUT2D eigenvalue weighted by atomic mass is 10.3. The molecule has 0 heterocycles. The second-order valence-corrected chi connectivity index (χ2v) is 5.69. The number of esters is 1. The van der Waals surface area contributed by atoms with E-state index in [1.165, 1.54) is 7.11 Å². The van der Waals surface area contributed by atoms with Gasteiger partial charge in [0.15, 0.2) is 0 Å². The number of carbonyl (C=O) groups excluding carboxylic acids is 2. The quantitative estimate of drug-likeness (QED) is 0.455. The smallest absolute Gasteiger partial charge is 0.305 e. The monoisotopic (exact) mass is 315 g/mol. The zero-order chi connectivity index (χ0) is 14.8. The van der Waals surface area contributed by atoms with E-state index < -0.39 is 0 Å². The van der Waals surface area contributed by atoms with Crippen LogP contribution in [0.15, 0.2) is 29.2 Å². The van der Waals surface area contributed by atoms with Crippen LogP contribution in [0.25, 0.3) is 0 Å². The lowest BCUT2D eigenvalue weighted by molar-refractivity contribution is -0.140. The largest absolute Gasteiger partial charge is 0.469 e. The molecule has 1 aromatic rings. The average Bonchev–Trinajstić information content (AvgIpc) is 2.45. The van der Waals surface area contributed by atoms with Gasteiger partial charge in [0.05, 0.1) is 7.11 Å². The Labute approximate surface area is 128 Å². The lowest BCUT2D eigenvalue weighted by Crippen LogP contribution is -2.25. The molecule has 0 fully saturated rings. The Kier molecular flexibility index (Phi) is 8.14. The molecule has 0 saturated carbocycles. The van der Waals surface area contributed by atoms with Gasteiger partial charge in [-0.1, -0.05) is 11.6 Å². The molecule has 0 radical (unpaired) electrons. The van der Waals surface area contributed by atoms with E-state index in [9.17, 15) is 9.59 Å². The first-order valence-electron chi connectivity index (χ1n) is 6.33. The van der Waals surface area contributed by atoms with Crippen LogP contribution in [-0.4, -0.2) is 31.3 Å². The fourth-order valence-electron chi connectivity index (χ4n) is 1.44. The maximum Gasteiger partial charge on any atom is 0.305 e. The first-order chi connectivity index (χ1) is 9.61. The van der Waals surface area contributed by atoms with E-state index >= 15 is 0 Å². The lowest BCUT2D eigenvalue weighted by Gasteiger charge is -2.05. The Morgan fingerprint density at radius 2 is 1.95 bits per heavy atom. The Morgan fingerprint density at radius 1 is 1.25 bits per heavy atom. The molecule has 0 aliphatic rings. The molecule has 0 aromatic heterocycles. The van der Waals surface area contributed by atoms with Crippen LogP contribution >= 0.6 is 23.4 Å². The highest BCUT2D eigenvalue weighted by molar-refractivity contribution is 7.99. The van der Waals surface area contributed by atoms with Crippen molar-refractivity contribution in [3.63, 3.8) is 0 Å². The van der Waals surface area contributed by atoms with Crippen molar-refractivity contribution in [2.45, 2.75) is 24.2 Å². The molecule has 1 amide bonds. The van der Waals surface area contributed by atoms with Crippen molar-refractivity contribution in [1.29, 1.82) is 0 Å². The van der Waals surface area contributed by atoms with E-state index in [2.05, 4.69) is 10.1 Å². The third kappa shape index (κ3) is 7.40. The van der Waals surface area contributed by atoms with Gasteiger partial charge in [-0.15, -0.1) is 11.8 Å². The summed E-state index contributed by atoms with van der Waals surface area (Å²) in [6.07, 6.45) is 1.38. The Morgan fingerprint density at radius 3 is 2.60 bits per heavy atom. The van der Waals surface area contributed by atoms with Crippen molar-refractivity contribution < 1.29 is 14.3 Å². The van der Waals surface area contributed by atoms with Gasteiger partial charge in [-0.3, -0.25) is 9.59 Å². The van der Waals surface area contributed by atoms with Gasteiger partial charge in [0.1, 0.15) is 0 Å². The Hall–Kier alpha value is -1.20. The molecule has 0 bridgehead atoms. The van der Waals surface area contributed by atoms with Crippen LogP contribution in [0.5, 0.6) is 0 Å². The van der Waals surface area contributed by atoms with E-state index in [-0.39, 0.29) is 11.9 Å². The molecule has 0 spiro atoms. The normalized spacial score (nSPS) is 10.1. The highest BCUT2D eigenvalue weighted by Crippen LogP contribution is 2.20. The molecule has 0 saturated heterocycles. The van der Waals surface area contributed by atoms with Crippen molar-refractivity contribution in [3.05, 3.63) is 29.3 Å². The second kappa shape index (κ2) is 9.66. The Bertz CT molecular complexity index is 437. The molecule has 4 nitrogen and oxygen atoms in total. The summed E-state index contributed by atoms with van der Waals surface area (Å²) in [4.78, 5) is 23.5. The standard InChI is InChI=1S/C14H18ClNO3S/c1-19-14(18)3-2-9-16-13(17)8-10-20-12-6-4-11(15)5-7-12/h4-7H,2-3,8-10H2,1H3,(H,16,17). The molecule has 1 N–H and O–H groups in total. The fourth-order valence-corrected chi connectivity index (χ4v) is 2.42. The fraction of sp³-hybridized carbons (Fsp3) is 0.429. The molecular formula is C14H18ClNO3S. The third-order valence-electron chi connectivity index (χ3n) is 2.52. The number of ether oxygens (including phenoxy) is 1. The summed E-state index contributed by atoms with van der Waals surface area (Å²) >= 11 is 7.41. The van der Waals surface area contributed by atoms with Gasteiger partial charge < -0.3 is 10.1 Å². The summed E-state index contributed by atoms with van der Waals surface area (Å²) in [5, 5.41) is 3.48.